The average Bonchev–Trinajstić information content (AvgIpc) is 3.27. The molecule has 4 rings (SSSR count). The van der Waals surface area contributed by atoms with Crippen molar-refractivity contribution in [2.24, 2.45) is 0 Å². The van der Waals surface area contributed by atoms with Crippen molar-refractivity contribution in [1.29, 1.82) is 0 Å². The minimum Gasteiger partial charge on any atom is -0.477 e. The van der Waals surface area contributed by atoms with Gasteiger partial charge in [-0.25, -0.2) is 4.98 Å². The van der Waals surface area contributed by atoms with Gasteiger partial charge in [-0.2, -0.15) is 30.8 Å². The van der Waals surface area contributed by atoms with E-state index in [0.717, 1.165) is 12.5 Å². The van der Waals surface area contributed by atoms with E-state index in [1.807, 2.05) is 0 Å². The molecule has 0 atom stereocenters. The van der Waals surface area contributed by atoms with Crippen LogP contribution < -0.4 is 4.74 Å². The van der Waals surface area contributed by atoms with Crippen molar-refractivity contribution in [3.63, 3.8) is 0 Å². The van der Waals surface area contributed by atoms with E-state index in [1.54, 1.807) is 0 Å². The predicted molar refractivity (Wildman–Crippen MR) is 88.1 cm³/mol. The van der Waals surface area contributed by atoms with E-state index in [4.69, 9.17) is 9.15 Å². The highest BCUT2D eigenvalue weighted by atomic mass is 32.1. The minimum atomic E-state index is -4.57. The van der Waals surface area contributed by atoms with Gasteiger partial charge in [-0.1, -0.05) is 0 Å². The topological polar surface area (TPSA) is 78.3 Å². The number of halogens is 3. The zero-order valence-corrected chi connectivity index (χ0v) is 13.8. The van der Waals surface area contributed by atoms with Crippen molar-refractivity contribution in [1.82, 2.24) is 24.6 Å². The van der Waals surface area contributed by atoms with Crippen LogP contribution in [0, 0.1) is 0 Å². The van der Waals surface area contributed by atoms with Crippen molar-refractivity contribution in [3.8, 4) is 17.5 Å². The standard InChI is InChI=1S/C15H10F3N5O2S/c16-15(17,18)9-5-12(24-3-4-26)21-13-8(9)1-2-11-20-10(6-23(11)13)14-22-19-7-25-14/h1-2,5-7,26H,3-4H2. The highest BCUT2D eigenvalue weighted by molar-refractivity contribution is 7.80. The summed E-state index contributed by atoms with van der Waals surface area (Å²) in [6, 6.07) is 3.67. The van der Waals surface area contributed by atoms with E-state index in [2.05, 4.69) is 32.8 Å². The number of hydrogen-bond donors (Lipinski definition) is 1. The monoisotopic (exact) mass is 381 g/mol. The largest absolute Gasteiger partial charge is 0.477 e. The summed E-state index contributed by atoms with van der Waals surface area (Å²) in [7, 11) is 0. The van der Waals surface area contributed by atoms with Crippen LogP contribution in [0.4, 0.5) is 13.2 Å². The van der Waals surface area contributed by atoms with Gasteiger partial charge in [0.1, 0.15) is 17.0 Å². The van der Waals surface area contributed by atoms with E-state index in [-0.39, 0.29) is 29.4 Å². The Kier molecular flexibility index (Phi) is 3.94. The fourth-order valence-electron chi connectivity index (χ4n) is 2.55. The number of rotatable bonds is 4. The Morgan fingerprint density at radius 2 is 2.08 bits per heavy atom. The molecule has 0 aliphatic heterocycles. The molecule has 0 fully saturated rings. The van der Waals surface area contributed by atoms with Crippen molar-refractivity contribution < 1.29 is 22.3 Å². The highest BCUT2D eigenvalue weighted by Gasteiger charge is 2.34. The second-order valence-electron chi connectivity index (χ2n) is 5.25. The molecule has 0 N–H and O–H groups in total. The van der Waals surface area contributed by atoms with Crippen molar-refractivity contribution >= 4 is 29.3 Å². The van der Waals surface area contributed by atoms with Gasteiger partial charge in [0.05, 0.1) is 12.2 Å². The van der Waals surface area contributed by atoms with Gasteiger partial charge in [-0.05, 0) is 12.1 Å². The molecule has 4 aromatic heterocycles. The molecule has 26 heavy (non-hydrogen) atoms. The average molecular weight is 381 g/mol. The van der Waals surface area contributed by atoms with Gasteiger partial charge in [-0.15, -0.1) is 10.2 Å². The lowest BCUT2D eigenvalue weighted by Gasteiger charge is -2.13. The molecule has 0 unspecified atom stereocenters. The van der Waals surface area contributed by atoms with Gasteiger partial charge in [0.15, 0.2) is 0 Å². The number of aromatic nitrogens is 5. The Hall–Kier alpha value is -2.82. The Morgan fingerprint density at radius 1 is 1.23 bits per heavy atom. The van der Waals surface area contributed by atoms with Crippen molar-refractivity contribution in [2.75, 3.05) is 12.4 Å². The maximum Gasteiger partial charge on any atom is 0.417 e. The number of hydrogen-bond acceptors (Lipinski definition) is 7. The molecular weight excluding hydrogens is 371 g/mol. The van der Waals surface area contributed by atoms with Crippen LogP contribution in [0.15, 0.2) is 35.2 Å². The van der Waals surface area contributed by atoms with Crippen LogP contribution in [-0.2, 0) is 6.18 Å². The van der Waals surface area contributed by atoms with E-state index in [9.17, 15) is 13.2 Å². The van der Waals surface area contributed by atoms with Crippen molar-refractivity contribution in [2.45, 2.75) is 6.18 Å². The maximum absolute atomic E-state index is 13.5. The Morgan fingerprint density at radius 3 is 2.77 bits per heavy atom. The summed E-state index contributed by atoms with van der Waals surface area (Å²) in [5.41, 5.74) is -0.0685. The van der Waals surface area contributed by atoms with E-state index >= 15 is 0 Å². The molecule has 0 aliphatic carbocycles. The first-order valence-corrected chi connectivity index (χ1v) is 8.01. The van der Waals surface area contributed by atoms with E-state index < -0.39 is 11.7 Å². The molecule has 0 saturated carbocycles. The minimum absolute atomic E-state index is 0.0600. The van der Waals surface area contributed by atoms with Gasteiger partial charge in [0, 0.05) is 23.4 Å². The van der Waals surface area contributed by atoms with E-state index in [1.165, 1.54) is 22.7 Å². The third-order valence-electron chi connectivity index (χ3n) is 3.60. The molecular formula is C15H10F3N5O2S. The van der Waals surface area contributed by atoms with Crippen molar-refractivity contribution in [3.05, 3.63) is 36.4 Å². The first kappa shape index (κ1) is 16.6. The number of pyridine rings is 2. The summed E-state index contributed by atoms with van der Waals surface area (Å²) in [5, 5.41) is 7.25. The maximum atomic E-state index is 13.5. The number of fused-ring (bicyclic) bond motifs is 3. The van der Waals surface area contributed by atoms with Crippen LogP contribution in [0.1, 0.15) is 5.56 Å². The highest BCUT2D eigenvalue weighted by Crippen LogP contribution is 2.36. The number of imidazole rings is 1. The third kappa shape index (κ3) is 2.83. The quantitative estimate of drug-likeness (QED) is 0.547. The fourth-order valence-corrected chi connectivity index (χ4v) is 2.64. The first-order chi connectivity index (χ1) is 12.5. The molecule has 7 nitrogen and oxygen atoms in total. The van der Waals surface area contributed by atoms with Gasteiger partial charge >= 0.3 is 6.18 Å². The number of ether oxygens (including phenoxy) is 1. The molecule has 11 heteroatoms. The lowest BCUT2D eigenvalue weighted by molar-refractivity contribution is -0.136. The van der Waals surface area contributed by atoms with Gasteiger partial charge in [0.25, 0.3) is 5.89 Å². The lowest BCUT2D eigenvalue weighted by Crippen LogP contribution is -2.10. The smallest absolute Gasteiger partial charge is 0.417 e. The van der Waals surface area contributed by atoms with Gasteiger partial charge in [0.2, 0.25) is 12.3 Å². The second kappa shape index (κ2) is 6.16. The summed E-state index contributed by atoms with van der Waals surface area (Å²) in [6.45, 7) is 0.131. The summed E-state index contributed by atoms with van der Waals surface area (Å²) in [4.78, 5) is 8.49. The normalized spacial score (nSPS) is 12.2. The van der Waals surface area contributed by atoms with Crippen LogP contribution in [0.25, 0.3) is 28.3 Å². The number of thiol groups is 1. The molecule has 0 radical (unpaired) electrons. The zero-order valence-electron chi connectivity index (χ0n) is 12.9. The molecule has 0 spiro atoms. The van der Waals surface area contributed by atoms with Gasteiger partial charge in [-0.3, -0.25) is 4.40 Å². The summed E-state index contributed by atoms with van der Waals surface area (Å²) in [6.07, 6.45) is -1.94. The van der Waals surface area contributed by atoms with Gasteiger partial charge < -0.3 is 9.15 Å². The molecule has 0 bridgehead atoms. The lowest BCUT2D eigenvalue weighted by atomic mass is 10.1. The van der Waals surface area contributed by atoms with Crippen LogP contribution >= 0.6 is 12.6 Å². The first-order valence-electron chi connectivity index (χ1n) is 7.37. The third-order valence-corrected chi connectivity index (χ3v) is 3.78. The molecule has 134 valence electrons. The predicted octanol–water partition coefficient (Wildman–Crippen LogP) is 3.26. The second-order valence-corrected chi connectivity index (χ2v) is 5.69. The Balaban J connectivity index is 1.99. The molecule has 4 aromatic rings. The molecule has 0 amide bonds. The SMILES string of the molecule is FC(F)(F)c1cc(OCCS)nc2c1ccc1nc(-c3nnco3)cn12. The van der Waals surface area contributed by atoms with Crippen LogP contribution in [0.5, 0.6) is 5.88 Å². The number of alkyl halides is 3. The molecule has 0 saturated heterocycles. The molecule has 0 aromatic carbocycles. The molecule has 4 heterocycles. The summed E-state index contributed by atoms with van der Waals surface area (Å²) < 4.78 is 52.3. The van der Waals surface area contributed by atoms with Crippen LogP contribution in [0.3, 0.4) is 0 Å². The molecule has 0 aliphatic rings. The number of nitrogens with zero attached hydrogens (tertiary/aromatic N) is 5. The fraction of sp³-hybridized carbons (Fsp3) is 0.200. The van der Waals surface area contributed by atoms with E-state index in [0.29, 0.717) is 17.1 Å². The zero-order chi connectivity index (χ0) is 18.3. The summed E-state index contributed by atoms with van der Waals surface area (Å²) in [5.74, 6) is 0.359. The Bertz CT molecular complexity index is 1080. The summed E-state index contributed by atoms with van der Waals surface area (Å²) >= 11 is 3.99. The van der Waals surface area contributed by atoms with Crippen LogP contribution in [-0.4, -0.2) is 36.9 Å². The Labute approximate surface area is 149 Å². The van der Waals surface area contributed by atoms with Crippen LogP contribution in [0.2, 0.25) is 0 Å².